The first-order chi connectivity index (χ1) is 15.4. The van der Waals surface area contributed by atoms with Gasteiger partial charge < -0.3 is 10.1 Å². The van der Waals surface area contributed by atoms with E-state index < -0.39 is 10.0 Å². The van der Waals surface area contributed by atoms with E-state index in [9.17, 15) is 13.2 Å². The molecular formula is C24H27N3O4S. The van der Waals surface area contributed by atoms with Gasteiger partial charge in [-0.15, -0.1) is 0 Å². The number of hydrogen-bond donors (Lipinski definition) is 2. The average Bonchev–Trinajstić information content (AvgIpc) is 2.78. The number of unbranched alkanes of at least 4 members (excludes halogenated alkanes) is 2. The lowest BCUT2D eigenvalue weighted by atomic mass is 10.2. The second kappa shape index (κ2) is 10.8. The first-order valence-corrected chi connectivity index (χ1v) is 12.0. The van der Waals surface area contributed by atoms with Crippen LogP contribution in [0.15, 0.2) is 71.8 Å². The summed E-state index contributed by atoms with van der Waals surface area (Å²) in [4.78, 5) is 16.5. The van der Waals surface area contributed by atoms with Gasteiger partial charge in [0.15, 0.2) is 0 Å². The number of sulfonamides is 1. The third-order valence-electron chi connectivity index (χ3n) is 4.72. The van der Waals surface area contributed by atoms with Gasteiger partial charge in [0.25, 0.3) is 15.9 Å². The SMILES string of the molecule is CCCCCNC(=O)c1ccc(Oc2ccc(NS(=O)(=O)c3ccc(C)cc3)cc2)nc1. The molecule has 2 aromatic carbocycles. The summed E-state index contributed by atoms with van der Waals surface area (Å²) in [6, 6.07) is 16.4. The average molecular weight is 454 g/mol. The zero-order valence-corrected chi connectivity index (χ0v) is 19.0. The van der Waals surface area contributed by atoms with Gasteiger partial charge in [0.05, 0.1) is 10.5 Å². The van der Waals surface area contributed by atoms with Gasteiger partial charge in [-0.05, 0) is 55.8 Å². The fraction of sp³-hybridized carbons (Fsp3) is 0.250. The maximum Gasteiger partial charge on any atom is 0.261 e. The third-order valence-corrected chi connectivity index (χ3v) is 6.12. The molecule has 0 fully saturated rings. The molecule has 3 rings (SSSR count). The van der Waals surface area contributed by atoms with Crippen LogP contribution in [0.5, 0.6) is 11.6 Å². The molecule has 0 aliphatic carbocycles. The van der Waals surface area contributed by atoms with Crippen LogP contribution in [-0.4, -0.2) is 25.9 Å². The second-order valence-electron chi connectivity index (χ2n) is 7.39. The predicted octanol–water partition coefficient (Wildman–Crippen LogP) is 4.90. The van der Waals surface area contributed by atoms with Crippen molar-refractivity contribution in [1.29, 1.82) is 0 Å². The molecule has 168 valence electrons. The van der Waals surface area contributed by atoms with Crippen molar-refractivity contribution in [2.24, 2.45) is 0 Å². The summed E-state index contributed by atoms with van der Waals surface area (Å²) in [6.07, 6.45) is 4.60. The van der Waals surface area contributed by atoms with Gasteiger partial charge in [-0.2, -0.15) is 0 Å². The van der Waals surface area contributed by atoms with Crippen LogP contribution >= 0.6 is 0 Å². The van der Waals surface area contributed by atoms with E-state index in [1.54, 1.807) is 60.7 Å². The molecule has 0 bridgehead atoms. The minimum atomic E-state index is -3.67. The van der Waals surface area contributed by atoms with Gasteiger partial charge in [-0.25, -0.2) is 13.4 Å². The van der Waals surface area contributed by atoms with Gasteiger partial charge in [0.2, 0.25) is 5.88 Å². The Kier molecular flexibility index (Phi) is 7.83. The maximum atomic E-state index is 12.5. The van der Waals surface area contributed by atoms with Crippen molar-refractivity contribution in [3.63, 3.8) is 0 Å². The number of pyridine rings is 1. The summed E-state index contributed by atoms with van der Waals surface area (Å²) >= 11 is 0. The number of aromatic nitrogens is 1. The highest BCUT2D eigenvalue weighted by Gasteiger charge is 2.14. The number of carbonyl (C=O) groups is 1. The molecule has 0 unspecified atom stereocenters. The Morgan fingerprint density at radius 1 is 0.969 bits per heavy atom. The monoisotopic (exact) mass is 453 g/mol. The zero-order valence-electron chi connectivity index (χ0n) is 18.2. The van der Waals surface area contributed by atoms with Crippen molar-refractivity contribution in [3.05, 3.63) is 78.0 Å². The quantitative estimate of drug-likeness (QED) is 0.426. The largest absolute Gasteiger partial charge is 0.439 e. The van der Waals surface area contributed by atoms with E-state index in [4.69, 9.17) is 4.74 Å². The lowest BCUT2D eigenvalue weighted by Gasteiger charge is -2.10. The van der Waals surface area contributed by atoms with Crippen molar-refractivity contribution in [3.8, 4) is 11.6 Å². The third kappa shape index (κ3) is 6.55. The molecule has 1 amide bonds. The minimum absolute atomic E-state index is 0.162. The zero-order chi connectivity index (χ0) is 23.0. The lowest BCUT2D eigenvalue weighted by molar-refractivity contribution is 0.0952. The Labute approximate surface area is 188 Å². The van der Waals surface area contributed by atoms with Crippen LogP contribution in [0.1, 0.15) is 42.1 Å². The number of carbonyl (C=O) groups excluding carboxylic acids is 1. The molecule has 0 radical (unpaired) electrons. The minimum Gasteiger partial charge on any atom is -0.439 e. The van der Waals surface area contributed by atoms with E-state index in [2.05, 4.69) is 21.9 Å². The molecule has 8 heteroatoms. The standard InChI is InChI=1S/C24H27N3O4S/c1-3-4-5-16-25-24(28)19-8-15-23(26-17-19)31-21-11-9-20(10-12-21)27-32(29,30)22-13-6-18(2)7-14-22/h6-15,17,27H,3-5,16H2,1-2H3,(H,25,28). The molecule has 0 aliphatic rings. The summed E-state index contributed by atoms with van der Waals surface area (Å²) in [5.74, 6) is 0.665. The molecule has 0 saturated heterocycles. The van der Waals surface area contributed by atoms with E-state index in [1.807, 2.05) is 6.92 Å². The van der Waals surface area contributed by atoms with E-state index >= 15 is 0 Å². The second-order valence-corrected chi connectivity index (χ2v) is 9.08. The Hall–Kier alpha value is -3.39. The smallest absolute Gasteiger partial charge is 0.261 e. The van der Waals surface area contributed by atoms with Crippen LogP contribution in [0.3, 0.4) is 0 Å². The van der Waals surface area contributed by atoms with Crippen molar-refractivity contribution in [2.45, 2.75) is 38.0 Å². The molecular weight excluding hydrogens is 426 g/mol. The van der Waals surface area contributed by atoms with Crippen LogP contribution in [-0.2, 0) is 10.0 Å². The van der Waals surface area contributed by atoms with Crippen LogP contribution in [0.25, 0.3) is 0 Å². The molecule has 0 spiro atoms. The summed E-state index contributed by atoms with van der Waals surface area (Å²) < 4.78 is 33.2. The topological polar surface area (TPSA) is 97.4 Å². The number of ether oxygens (including phenoxy) is 1. The molecule has 2 N–H and O–H groups in total. The maximum absolute atomic E-state index is 12.5. The van der Waals surface area contributed by atoms with Gasteiger partial charge >= 0.3 is 0 Å². The number of hydrogen-bond acceptors (Lipinski definition) is 5. The van der Waals surface area contributed by atoms with E-state index in [-0.39, 0.29) is 10.8 Å². The molecule has 0 saturated carbocycles. The molecule has 1 aromatic heterocycles. The number of benzene rings is 2. The van der Waals surface area contributed by atoms with Crippen molar-refractivity contribution in [1.82, 2.24) is 10.3 Å². The Morgan fingerprint density at radius 3 is 2.31 bits per heavy atom. The summed E-state index contributed by atoms with van der Waals surface area (Å²) in [5.41, 5.74) is 1.87. The van der Waals surface area contributed by atoms with Gasteiger partial charge in [0.1, 0.15) is 5.75 Å². The molecule has 7 nitrogen and oxygen atoms in total. The molecule has 32 heavy (non-hydrogen) atoms. The van der Waals surface area contributed by atoms with E-state index in [0.717, 1.165) is 24.8 Å². The number of nitrogens with one attached hydrogen (secondary N) is 2. The number of aryl methyl sites for hydroxylation is 1. The summed E-state index contributed by atoms with van der Waals surface area (Å²) in [7, 11) is -3.67. The van der Waals surface area contributed by atoms with E-state index in [0.29, 0.717) is 29.4 Å². The number of rotatable bonds is 10. The summed E-state index contributed by atoms with van der Waals surface area (Å²) in [5, 5.41) is 2.87. The number of nitrogens with zero attached hydrogens (tertiary/aromatic N) is 1. The first-order valence-electron chi connectivity index (χ1n) is 10.5. The Bertz CT molecular complexity index is 1130. The Morgan fingerprint density at radius 2 is 1.69 bits per heavy atom. The first kappa shape index (κ1) is 23.3. The number of anilines is 1. The fourth-order valence-electron chi connectivity index (χ4n) is 2.90. The van der Waals surface area contributed by atoms with Crippen molar-refractivity contribution < 1.29 is 17.9 Å². The lowest BCUT2D eigenvalue weighted by Crippen LogP contribution is -2.24. The van der Waals surface area contributed by atoms with Crippen molar-refractivity contribution in [2.75, 3.05) is 11.3 Å². The van der Waals surface area contributed by atoms with Crippen LogP contribution in [0, 0.1) is 6.92 Å². The highest BCUT2D eigenvalue weighted by atomic mass is 32.2. The molecule has 0 atom stereocenters. The van der Waals surface area contributed by atoms with E-state index in [1.165, 1.54) is 6.20 Å². The highest BCUT2D eigenvalue weighted by molar-refractivity contribution is 7.92. The van der Waals surface area contributed by atoms with Crippen LogP contribution < -0.4 is 14.8 Å². The molecule has 3 aromatic rings. The molecule has 0 aliphatic heterocycles. The predicted molar refractivity (Wildman–Crippen MR) is 125 cm³/mol. The van der Waals surface area contributed by atoms with Crippen LogP contribution in [0.2, 0.25) is 0 Å². The van der Waals surface area contributed by atoms with Crippen molar-refractivity contribution >= 4 is 21.6 Å². The van der Waals surface area contributed by atoms with Gasteiger partial charge in [-0.1, -0.05) is 37.5 Å². The van der Waals surface area contributed by atoms with Crippen LogP contribution in [0.4, 0.5) is 5.69 Å². The normalized spacial score (nSPS) is 11.1. The Balaban J connectivity index is 1.57. The summed E-state index contributed by atoms with van der Waals surface area (Å²) in [6.45, 7) is 4.65. The van der Waals surface area contributed by atoms with Gasteiger partial charge in [0, 0.05) is 24.5 Å². The number of amides is 1. The van der Waals surface area contributed by atoms with Gasteiger partial charge in [-0.3, -0.25) is 9.52 Å². The fourth-order valence-corrected chi connectivity index (χ4v) is 3.96. The highest BCUT2D eigenvalue weighted by Crippen LogP contribution is 2.23. The molecule has 1 heterocycles.